The second kappa shape index (κ2) is 8.71. The normalized spacial score (nSPS) is 21.9. The largest absolute Gasteiger partial charge is 0.496 e. The van der Waals surface area contributed by atoms with Crippen LogP contribution in [0.15, 0.2) is 59.2 Å². The molecule has 1 aliphatic carbocycles. The lowest BCUT2D eigenvalue weighted by molar-refractivity contribution is -0.0406. The third-order valence-electron chi connectivity index (χ3n) is 6.49. The van der Waals surface area contributed by atoms with E-state index < -0.39 is 0 Å². The first-order chi connectivity index (χ1) is 15.7. The van der Waals surface area contributed by atoms with Crippen LogP contribution in [0.5, 0.6) is 11.5 Å². The third kappa shape index (κ3) is 3.65. The zero-order valence-corrected chi connectivity index (χ0v) is 18.3. The van der Waals surface area contributed by atoms with Crippen LogP contribution in [0, 0.1) is 0 Å². The highest BCUT2D eigenvalue weighted by molar-refractivity contribution is 6.02. The first kappa shape index (κ1) is 20.6. The van der Waals surface area contributed by atoms with E-state index in [1.54, 1.807) is 26.4 Å². The van der Waals surface area contributed by atoms with E-state index in [0.29, 0.717) is 11.6 Å². The molecule has 3 atom stereocenters. The van der Waals surface area contributed by atoms with E-state index in [2.05, 4.69) is 5.32 Å². The molecular formula is C26H27NO5. The molecular weight excluding hydrogens is 406 g/mol. The van der Waals surface area contributed by atoms with Crippen LogP contribution in [0.4, 0.5) is 5.69 Å². The van der Waals surface area contributed by atoms with Crippen molar-refractivity contribution in [2.75, 3.05) is 19.5 Å². The number of ether oxygens (including phenoxy) is 3. The number of carbonyl (C=O) groups excluding carboxylic acids is 1. The molecule has 166 valence electrons. The van der Waals surface area contributed by atoms with Crippen LogP contribution in [-0.4, -0.2) is 26.2 Å². The van der Waals surface area contributed by atoms with Crippen LogP contribution in [0.2, 0.25) is 0 Å². The standard InChI is InChI=1S/C26H27NO5/c1-29-20-12-13-21(30-2)24-23(20)18-9-3-4-10-19(18)32-25(24)16-7-5-8-17(15-16)27-26(28)22-11-6-14-31-22/h5-8,11-15,18-19,25H,3-4,9-10H2,1-2H3,(H,27,28)/t18-,19+,25+/m1/s1. The van der Waals surface area contributed by atoms with Gasteiger partial charge in [0.15, 0.2) is 5.76 Å². The molecule has 1 aliphatic heterocycles. The van der Waals surface area contributed by atoms with Gasteiger partial charge in [-0.1, -0.05) is 25.0 Å². The quantitative estimate of drug-likeness (QED) is 0.559. The minimum Gasteiger partial charge on any atom is -0.496 e. The topological polar surface area (TPSA) is 69.9 Å². The summed E-state index contributed by atoms with van der Waals surface area (Å²) in [6.45, 7) is 0. The molecule has 6 heteroatoms. The number of anilines is 1. The zero-order valence-electron chi connectivity index (χ0n) is 18.3. The molecule has 1 aromatic heterocycles. The molecule has 5 rings (SSSR count). The monoisotopic (exact) mass is 433 g/mol. The number of fused-ring (bicyclic) bond motifs is 3. The fourth-order valence-corrected chi connectivity index (χ4v) is 5.06. The minimum absolute atomic E-state index is 0.128. The van der Waals surface area contributed by atoms with Gasteiger partial charge in [-0.05, 0) is 54.8 Å². The highest BCUT2D eigenvalue weighted by Crippen LogP contribution is 2.52. The second-order valence-electron chi connectivity index (χ2n) is 8.30. The van der Waals surface area contributed by atoms with E-state index in [9.17, 15) is 4.79 Å². The molecule has 1 N–H and O–H groups in total. The van der Waals surface area contributed by atoms with E-state index in [0.717, 1.165) is 41.9 Å². The number of methoxy groups -OCH3 is 2. The fourth-order valence-electron chi connectivity index (χ4n) is 5.06. The van der Waals surface area contributed by atoms with E-state index in [-0.39, 0.29) is 23.9 Å². The SMILES string of the molecule is COc1ccc(OC)c2c1[C@H](c1cccc(NC(=O)c3ccco3)c1)O[C@H]1CCCC[C@@H]21. The van der Waals surface area contributed by atoms with Gasteiger partial charge in [0.2, 0.25) is 0 Å². The van der Waals surface area contributed by atoms with E-state index in [1.807, 2.05) is 36.4 Å². The lowest BCUT2D eigenvalue weighted by atomic mass is 9.75. The fraction of sp³-hybridized carbons (Fsp3) is 0.346. The first-order valence-electron chi connectivity index (χ1n) is 11.0. The Morgan fingerprint density at radius 1 is 0.969 bits per heavy atom. The highest BCUT2D eigenvalue weighted by Gasteiger charge is 2.41. The van der Waals surface area contributed by atoms with Gasteiger partial charge in [0.05, 0.1) is 26.6 Å². The van der Waals surface area contributed by atoms with Gasteiger partial charge in [0.25, 0.3) is 5.91 Å². The van der Waals surface area contributed by atoms with Gasteiger partial charge >= 0.3 is 0 Å². The van der Waals surface area contributed by atoms with Crippen LogP contribution in [0.25, 0.3) is 0 Å². The molecule has 1 fully saturated rings. The Labute approximate surface area is 187 Å². The summed E-state index contributed by atoms with van der Waals surface area (Å²) in [7, 11) is 3.40. The smallest absolute Gasteiger partial charge is 0.291 e. The molecule has 1 saturated carbocycles. The molecule has 0 spiro atoms. The molecule has 0 bridgehead atoms. The van der Waals surface area contributed by atoms with Gasteiger partial charge in [-0.3, -0.25) is 4.79 Å². The van der Waals surface area contributed by atoms with Crippen molar-refractivity contribution in [3.05, 3.63) is 77.2 Å². The average molecular weight is 434 g/mol. The number of hydrogen-bond acceptors (Lipinski definition) is 5. The predicted molar refractivity (Wildman–Crippen MR) is 121 cm³/mol. The van der Waals surface area contributed by atoms with Crippen LogP contribution in [-0.2, 0) is 4.74 Å². The van der Waals surface area contributed by atoms with Crippen molar-refractivity contribution in [2.45, 2.75) is 43.8 Å². The summed E-state index contributed by atoms with van der Waals surface area (Å²) >= 11 is 0. The molecule has 2 heterocycles. The Kier molecular flexibility index (Phi) is 5.62. The highest BCUT2D eigenvalue weighted by atomic mass is 16.5. The van der Waals surface area contributed by atoms with Crippen LogP contribution in [0.1, 0.15) is 65.0 Å². The van der Waals surface area contributed by atoms with Crippen molar-refractivity contribution in [3.63, 3.8) is 0 Å². The minimum atomic E-state index is -0.310. The summed E-state index contributed by atoms with van der Waals surface area (Å²) in [6, 6.07) is 15.0. The maximum Gasteiger partial charge on any atom is 0.291 e. The van der Waals surface area contributed by atoms with Gasteiger partial charge < -0.3 is 23.9 Å². The number of furan rings is 1. The van der Waals surface area contributed by atoms with Crippen molar-refractivity contribution in [3.8, 4) is 11.5 Å². The maximum atomic E-state index is 12.5. The Balaban J connectivity index is 1.56. The predicted octanol–water partition coefficient (Wildman–Crippen LogP) is 5.69. The Bertz CT molecular complexity index is 1110. The molecule has 0 unspecified atom stereocenters. The zero-order chi connectivity index (χ0) is 22.1. The molecule has 0 radical (unpaired) electrons. The van der Waals surface area contributed by atoms with Crippen molar-refractivity contribution in [1.29, 1.82) is 0 Å². The van der Waals surface area contributed by atoms with Crippen LogP contribution < -0.4 is 14.8 Å². The Morgan fingerprint density at radius 2 is 1.75 bits per heavy atom. The summed E-state index contributed by atoms with van der Waals surface area (Å²) in [6.07, 6.45) is 5.75. The van der Waals surface area contributed by atoms with Crippen molar-refractivity contribution >= 4 is 11.6 Å². The molecule has 2 aromatic carbocycles. The lowest BCUT2D eigenvalue weighted by Gasteiger charge is -2.42. The summed E-state index contributed by atoms with van der Waals surface area (Å²) in [4.78, 5) is 12.5. The summed E-state index contributed by atoms with van der Waals surface area (Å²) in [5.41, 5.74) is 3.85. The lowest BCUT2D eigenvalue weighted by Crippen LogP contribution is -2.34. The Morgan fingerprint density at radius 3 is 2.50 bits per heavy atom. The maximum absolute atomic E-state index is 12.5. The summed E-state index contributed by atoms with van der Waals surface area (Å²) in [5.74, 6) is 1.95. The number of carbonyl (C=O) groups is 1. The van der Waals surface area contributed by atoms with E-state index >= 15 is 0 Å². The third-order valence-corrected chi connectivity index (χ3v) is 6.49. The van der Waals surface area contributed by atoms with Crippen molar-refractivity contribution in [1.82, 2.24) is 0 Å². The first-order valence-corrected chi connectivity index (χ1v) is 11.0. The van der Waals surface area contributed by atoms with Crippen LogP contribution in [0.3, 0.4) is 0 Å². The number of hydrogen-bond donors (Lipinski definition) is 1. The molecule has 2 aliphatic rings. The van der Waals surface area contributed by atoms with E-state index in [1.165, 1.54) is 18.2 Å². The molecule has 0 saturated heterocycles. The van der Waals surface area contributed by atoms with Crippen molar-refractivity contribution < 1.29 is 23.4 Å². The van der Waals surface area contributed by atoms with Gasteiger partial charge in [-0.2, -0.15) is 0 Å². The number of rotatable bonds is 5. The van der Waals surface area contributed by atoms with Gasteiger partial charge in [-0.15, -0.1) is 0 Å². The van der Waals surface area contributed by atoms with Gasteiger partial charge in [-0.25, -0.2) is 0 Å². The van der Waals surface area contributed by atoms with Gasteiger partial charge in [0, 0.05) is 22.7 Å². The van der Waals surface area contributed by atoms with Crippen LogP contribution >= 0.6 is 0 Å². The number of nitrogens with one attached hydrogen (secondary N) is 1. The average Bonchev–Trinajstić information content (AvgIpc) is 3.38. The van der Waals surface area contributed by atoms with Crippen molar-refractivity contribution in [2.24, 2.45) is 0 Å². The summed E-state index contributed by atoms with van der Waals surface area (Å²) in [5, 5.41) is 2.91. The molecule has 32 heavy (non-hydrogen) atoms. The molecule has 3 aromatic rings. The number of amides is 1. The second-order valence-corrected chi connectivity index (χ2v) is 8.30. The summed E-state index contributed by atoms with van der Waals surface area (Å²) < 4.78 is 23.5. The Hall–Kier alpha value is -3.25. The number of benzene rings is 2. The molecule has 1 amide bonds. The molecule has 6 nitrogen and oxygen atoms in total. The van der Waals surface area contributed by atoms with Gasteiger partial charge in [0.1, 0.15) is 17.6 Å². The van der Waals surface area contributed by atoms with E-state index in [4.69, 9.17) is 18.6 Å².